The minimum Gasteiger partial charge on any atom is -0.748 e. The summed E-state index contributed by atoms with van der Waals surface area (Å²) in [6.07, 6.45) is 0.628. The summed E-state index contributed by atoms with van der Waals surface area (Å²) in [7, 11) is -4.32. The van der Waals surface area contributed by atoms with E-state index in [2.05, 4.69) is 16.8 Å². The highest BCUT2D eigenvalue weighted by atomic mass is 32.2. The normalized spacial score (nSPS) is 11.7. The van der Waals surface area contributed by atoms with Gasteiger partial charge in [-0.25, -0.2) is 13.4 Å². The third-order valence-electron chi connectivity index (χ3n) is 4.47. The lowest BCUT2D eigenvalue weighted by Gasteiger charge is -2.10. The standard InChI is InChI=1S/C20H23N3O5S/c1-2-23-16-8-4-3-7-15(16)22-20-17(23)9-5-10-18(20)28-13-6-11-19(24)21-12-14-29(25,26)27/h3-5,7-10H,2,6,11-14H2,1H3,(H-,21,24,25,26,27). The van der Waals surface area contributed by atoms with E-state index in [0.29, 0.717) is 18.8 Å². The van der Waals surface area contributed by atoms with Gasteiger partial charge in [-0.15, -0.1) is 0 Å². The molecule has 0 aliphatic heterocycles. The minimum atomic E-state index is -4.32. The number of para-hydroxylation sites is 3. The van der Waals surface area contributed by atoms with E-state index in [1.165, 1.54) is 0 Å². The average Bonchev–Trinajstić information content (AvgIpc) is 2.68. The quantitative estimate of drug-likeness (QED) is 0.244. The number of nitrogens with one attached hydrogen (secondary N) is 1. The Morgan fingerprint density at radius 1 is 1.17 bits per heavy atom. The Morgan fingerprint density at radius 3 is 2.69 bits per heavy atom. The summed E-state index contributed by atoms with van der Waals surface area (Å²) in [6, 6.07) is 13.7. The van der Waals surface area contributed by atoms with Gasteiger partial charge in [-0.2, -0.15) is 4.57 Å². The molecule has 154 valence electrons. The molecule has 29 heavy (non-hydrogen) atoms. The SMILES string of the molecule is CC[n+]1c2ccccc2nc2c(OCCCC(=O)NCCS(=O)(=O)[O-])cccc21. The van der Waals surface area contributed by atoms with E-state index in [0.717, 1.165) is 28.6 Å². The van der Waals surface area contributed by atoms with Crippen LogP contribution in [-0.4, -0.2) is 42.8 Å². The number of rotatable bonds is 9. The van der Waals surface area contributed by atoms with Crippen LogP contribution in [0.4, 0.5) is 0 Å². The maximum atomic E-state index is 11.7. The lowest BCUT2D eigenvalue weighted by atomic mass is 10.2. The van der Waals surface area contributed by atoms with Crippen molar-refractivity contribution in [2.45, 2.75) is 26.3 Å². The number of carbonyl (C=O) groups excluding carboxylic acids is 1. The van der Waals surface area contributed by atoms with Crippen LogP contribution in [0.3, 0.4) is 0 Å². The van der Waals surface area contributed by atoms with Crippen molar-refractivity contribution in [3.8, 4) is 5.75 Å². The topological polar surface area (TPSA) is 112 Å². The minimum absolute atomic E-state index is 0.176. The Labute approximate surface area is 169 Å². The van der Waals surface area contributed by atoms with Gasteiger partial charge in [0.2, 0.25) is 16.9 Å². The summed E-state index contributed by atoms with van der Waals surface area (Å²) < 4.78 is 39.6. The highest BCUT2D eigenvalue weighted by Gasteiger charge is 2.17. The summed E-state index contributed by atoms with van der Waals surface area (Å²) in [5, 5.41) is 2.41. The molecule has 1 heterocycles. The zero-order chi connectivity index (χ0) is 20.9. The van der Waals surface area contributed by atoms with Crippen molar-refractivity contribution in [3.05, 3.63) is 42.5 Å². The number of amides is 1. The van der Waals surface area contributed by atoms with Gasteiger partial charge < -0.3 is 14.6 Å². The van der Waals surface area contributed by atoms with E-state index in [9.17, 15) is 17.8 Å². The molecule has 0 unspecified atom stereocenters. The Kier molecular flexibility index (Phi) is 6.60. The molecule has 1 N–H and O–H groups in total. The maximum Gasteiger partial charge on any atom is 0.235 e. The fraction of sp³-hybridized carbons (Fsp3) is 0.350. The van der Waals surface area contributed by atoms with Crippen molar-refractivity contribution < 1.29 is 27.1 Å². The van der Waals surface area contributed by atoms with Crippen LogP contribution in [0.1, 0.15) is 19.8 Å². The molecule has 3 aromatic rings. The molecule has 0 radical (unpaired) electrons. The first-order valence-electron chi connectivity index (χ1n) is 9.43. The van der Waals surface area contributed by atoms with Gasteiger partial charge in [0.05, 0.1) is 22.5 Å². The number of ether oxygens (including phenoxy) is 1. The first kappa shape index (κ1) is 20.9. The van der Waals surface area contributed by atoms with Crippen LogP contribution >= 0.6 is 0 Å². The molecule has 0 aliphatic rings. The van der Waals surface area contributed by atoms with Crippen LogP contribution < -0.4 is 14.6 Å². The molecule has 0 fully saturated rings. The van der Waals surface area contributed by atoms with Crippen molar-refractivity contribution in [2.75, 3.05) is 18.9 Å². The Hall–Kier alpha value is -2.78. The van der Waals surface area contributed by atoms with Gasteiger partial charge >= 0.3 is 0 Å². The van der Waals surface area contributed by atoms with Gasteiger partial charge in [-0.05, 0) is 25.5 Å². The highest BCUT2D eigenvalue weighted by Crippen LogP contribution is 2.24. The average molecular weight is 417 g/mol. The lowest BCUT2D eigenvalue weighted by molar-refractivity contribution is -0.641. The molecule has 0 spiro atoms. The van der Waals surface area contributed by atoms with Crippen molar-refractivity contribution in [1.82, 2.24) is 10.3 Å². The summed E-state index contributed by atoms with van der Waals surface area (Å²) in [5.41, 5.74) is 3.67. The second-order valence-corrected chi connectivity index (χ2v) is 8.06. The molecular weight excluding hydrogens is 394 g/mol. The van der Waals surface area contributed by atoms with Gasteiger partial charge in [0, 0.05) is 25.1 Å². The molecule has 2 aromatic carbocycles. The van der Waals surface area contributed by atoms with Crippen LogP contribution in [-0.2, 0) is 21.5 Å². The van der Waals surface area contributed by atoms with E-state index in [1.807, 2.05) is 42.5 Å². The van der Waals surface area contributed by atoms with Crippen LogP contribution in [0, 0.1) is 0 Å². The number of benzene rings is 2. The molecule has 0 atom stereocenters. The fourth-order valence-electron chi connectivity index (χ4n) is 3.15. The van der Waals surface area contributed by atoms with E-state index >= 15 is 0 Å². The van der Waals surface area contributed by atoms with E-state index < -0.39 is 15.9 Å². The Balaban J connectivity index is 1.65. The monoisotopic (exact) mass is 417 g/mol. The molecule has 1 amide bonds. The second kappa shape index (κ2) is 9.15. The van der Waals surface area contributed by atoms with Gasteiger partial charge in [0.15, 0.2) is 11.3 Å². The molecule has 8 nitrogen and oxygen atoms in total. The Morgan fingerprint density at radius 2 is 1.93 bits per heavy atom. The number of hydrogen-bond acceptors (Lipinski definition) is 6. The summed E-state index contributed by atoms with van der Waals surface area (Å²) >= 11 is 0. The van der Waals surface area contributed by atoms with Crippen LogP contribution in [0.15, 0.2) is 42.5 Å². The second-order valence-electron chi connectivity index (χ2n) is 6.53. The number of hydrogen-bond donors (Lipinski definition) is 1. The van der Waals surface area contributed by atoms with Crippen molar-refractivity contribution in [1.29, 1.82) is 0 Å². The number of aryl methyl sites for hydroxylation is 1. The van der Waals surface area contributed by atoms with Crippen molar-refractivity contribution in [2.24, 2.45) is 0 Å². The predicted molar refractivity (Wildman–Crippen MR) is 107 cm³/mol. The molecule has 0 bridgehead atoms. The van der Waals surface area contributed by atoms with Gasteiger partial charge in [-0.1, -0.05) is 18.2 Å². The van der Waals surface area contributed by atoms with Crippen LogP contribution in [0.25, 0.3) is 22.1 Å². The summed E-state index contributed by atoms with van der Waals surface area (Å²) in [5.74, 6) is -0.279. The summed E-state index contributed by atoms with van der Waals surface area (Å²) in [4.78, 5) is 16.5. The molecule has 0 saturated heterocycles. The summed E-state index contributed by atoms with van der Waals surface area (Å²) in [6.45, 7) is 3.01. The maximum absolute atomic E-state index is 11.7. The molecule has 0 aliphatic carbocycles. The zero-order valence-electron chi connectivity index (χ0n) is 16.1. The Bertz CT molecular complexity index is 1130. The third-order valence-corrected chi connectivity index (χ3v) is 5.17. The molecule has 1 aromatic heterocycles. The number of aromatic nitrogens is 2. The first-order valence-corrected chi connectivity index (χ1v) is 11.0. The zero-order valence-corrected chi connectivity index (χ0v) is 16.9. The molecule has 9 heteroatoms. The molecule has 3 rings (SSSR count). The smallest absolute Gasteiger partial charge is 0.235 e. The first-order chi connectivity index (χ1) is 13.9. The van der Waals surface area contributed by atoms with Gasteiger partial charge in [0.1, 0.15) is 12.1 Å². The lowest BCUT2D eigenvalue weighted by Crippen LogP contribution is -2.34. The number of fused-ring (bicyclic) bond motifs is 2. The van der Waals surface area contributed by atoms with E-state index in [4.69, 9.17) is 9.72 Å². The van der Waals surface area contributed by atoms with Crippen LogP contribution in [0.2, 0.25) is 0 Å². The fourth-order valence-corrected chi connectivity index (χ4v) is 3.51. The van der Waals surface area contributed by atoms with Gasteiger partial charge in [-0.3, -0.25) is 4.79 Å². The van der Waals surface area contributed by atoms with Crippen molar-refractivity contribution in [3.63, 3.8) is 0 Å². The van der Waals surface area contributed by atoms with Gasteiger partial charge in [0.25, 0.3) is 0 Å². The predicted octanol–water partition coefficient (Wildman–Crippen LogP) is 1.52. The molecular formula is C20H23N3O5S. The number of carbonyl (C=O) groups is 1. The highest BCUT2D eigenvalue weighted by molar-refractivity contribution is 7.85. The van der Waals surface area contributed by atoms with Crippen molar-refractivity contribution >= 4 is 38.1 Å². The largest absolute Gasteiger partial charge is 0.748 e. The van der Waals surface area contributed by atoms with E-state index in [-0.39, 0.29) is 18.9 Å². The number of nitrogens with zero attached hydrogens (tertiary/aromatic N) is 2. The third kappa shape index (κ3) is 5.39. The molecule has 0 saturated carbocycles. The van der Waals surface area contributed by atoms with E-state index in [1.54, 1.807) is 0 Å². The van der Waals surface area contributed by atoms with Crippen LogP contribution in [0.5, 0.6) is 5.75 Å².